The molecule has 3 aromatic rings. The van der Waals surface area contributed by atoms with Crippen LogP contribution in [0.1, 0.15) is 44.2 Å². The third-order valence-electron chi connectivity index (χ3n) is 5.02. The molecule has 3 rings (SSSR count). The molecule has 0 unspecified atom stereocenters. The minimum absolute atomic E-state index is 0.129. The van der Waals surface area contributed by atoms with Crippen LogP contribution in [-0.4, -0.2) is 0 Å². The van der Waals surface area contributed by atoms with E-state index in [1.54, 1.807) is 0 Å². The highest BCUT2D eigenvalue weighted by Gasteiger charge is 2.16. The van der Waals surface area contributed by atoms with Crippen LogP contribution in [0.3, 0.4) is 0 Å². The molecule has 29 heavy (non-hydrogen) atoms. The molecule has 0 aliphatic carbocycles. The zero-order chi connectivity index (χ0) is 21.0. The number of hydrogen-bond donors (Lipinski definition) is 0. The molecule has 0 aliphatic rings. The maximum atomic E-state index is 14.5. The summed E-state index contributed by atoms with van der Waals surface area (Å²) in [7, 11) is 0. The van der Waals surface area contributed by atoms with Crippen LogP contribution < -0.4 is 0 Å². The van der Waals surface area contributed by atoms with E-state index in [1.165, 1.54) is 48.5 Å². The Morgan fingerprint density at radius 1 is 0.552 bits per heavy atom. The Morgan fingerprint density at radius 3 is 1.28 bits per heavy atom. The van der Waals surface area contributed by atoms with Gasteiger partial charge in [-0.1, -0.05) is 51.0 Å². The molecule has 3 aromatic carbocycles. The van der Waals surface area contributed by atoms with Crippen LogP contribution in [-0.2, 0) is 12.8 Å². The summed E-state index contributed by atoms with van der Waals surface area (Å²) in [5.74, 6) is -2.55. The molecule has 0 fully saturated rings. The van der Waals surface area contributed by atoms with Gasteiger partial charge in [-0.25, -0.2) is 17.6 Å². The smallest absolute Gasteiger partial charge is 0.134 e. The predicted octanol–water partition coefficient (Wildman–Crippen LogP) is 7.87. The molecule has 0 bridgehead atoms. The Balaban J connectivity index is 1.94. The maximum absolute atomic E-state index is 14.5. The molecule has 4 heteroatoms. The number of aryl methyl sites for hydroxylation is 2. The molecule has 0 radical (unpaired) electrons. The summed E-state index contributed by atoms with van der Waals surface area (Å²) in [6.07, 6.45) is 3.82. The van der Waals surface area contributed by atoms with Gasteiger partial charge in [0.2, 0.25) is 0 Å². The fraction of sp³-hybridized carbons (Fsp3) is 0.280. The van der Waals surface area contributed by atoms with Crippen molar-refractivity contribution in [3.63, 3.8) is 0 Å². The van der Waals surface area contributed by atoms with Gasteiger partial charge in [0.05, 0.1) is 11.1 Å². The van der Waals surface area contributed by atoms with Crippen molar-refractivity contribution in [2.45, 2.75) is 46.0 Å². The Hall–Kier alpha value is -2.62. The normalized spacial score (nSPS) is 11.1. The van der Waals surface area contributed by atoms with E-state index in [-0.39, 0.29) is 11.1 Å². The van der Waals surface area contributed by atoms with Gasteiger partial charge in [-0.2, -0.15) is 0 Å². The quantitative estimate of drug-likeness (QED) is 0.354. The predicted molar refractivity (Wildman–Crippen MR) is 110 cm³/mol. The Kier molecular flexibility index (Phi) is 6.73. The minimum Gasteiger partial charge on any atom is -0.206 e. The summed E-state index contributed by atoms with van der Waals surface area (Å²) in [5.41, 5.74) is 1.62. The van der Waals surface area contributed by atoms with Crippen molar-refractivity contribution in [3.05, 3.63) is 82.9 Å². The maximum Gasteiger partial charge on any atom is 0.134 e. The summed E-state index contributed by atoms with van der Waals surface area (Å²) < 4.78 is 58.0. The molecule has 0 saturated heterocycles. The topological polar surface area (TPSA) is 0 Å². The van der Waals surface area contributed by atoms with Gasteiger partial charge >= 0.3 is 0 Å². The standard InChI is InChI=1S/C25H24F4/c1-3-5-7-17-14-22(28)25(23(29)15-17)19-10-8-18(9-11-19)24-20(26)12-16(6-4-2)13-21(24)27/h8-15H,3-7H2,1-2H3. The summed E-state index contributed by atoms with van der Waals surface area (Å²) in [6, 6.07) is 11.3. The summed E-state index contributed by atoms with van der Waals surface area (Å²) in [5, 5.41) is 0. The van der Waals surface area contributed by atoms with Crippen molar-refractivity contribution in [2.24, 2.45) is 0 Å². The highest BCUT2D eigenvalue weighted by atomic mass is 19.1. The van der Waals surface area contributed by atoms with E-state index in [0.717, 1.165) is 19.3 Å². The summed E-state index contributed by atoms with van der Waals surface area (Å²) >= 11 is 0. The van der Waals surface area contributed by atoms with Crippen molar-refractivity contribution in [2.75, 3.05) is 0 Å². The first kappa shape index (κ1) is 21.1. The monoisotopic (exact) mass is 400 g/mol. The zero-order valence-corrected chi connectivity index (χ0v) is 16.7. The van der Waals surface area contributed by atoms with Crippen molar-refractivity contribution >= 4 is 0 Å². The lowest BCUT2D eigenvalue weighted by molar-refractivity contribution is 0.583. The van der Waals surface area contributed by atoms with Crippen LogP contribution in [0.4, 0.5) is 17.6 Å². The van der Waals surface area contributed by atoms with Gasteiger partial charge in [0.1, 0.15) is 23.3 Å². The van der Waals surface area contributed by atoms with Gasteiger partial charge in [-0.15, -0.1) is 0 Å². The average molecular weight is 400 g/mol. The Labute approximate surface area is 169 Å². The first-order chi connectivity index (χ1) is 13.9. The Morgan fingerprint density at radius 2 is 0.931 bits per heavy atom. The highest BCUT2D eigenvalue weighted by Crippen LogP contribution is 2.32. The van der Waals surface area contributed by atoms with E-state index in [0.29, 0.717) is 35.1 Å². The number of unbranched alkanes of at least 4 members (excludes halogenated alkanes) is 1. The molecule has 0 spiro atoms. The second-order valence-electron chi connectivity index (χ2n) is 7.30. The summed E-state index contributed by atoms with van der Waals surface area (Å²) in [4.78, 5) is 0. The van der Waals surface area contributed by atoms with Crippen LogP contribution >= 0.6 is 0 Å². The molecule has 152 valence electrons. The van der Waals surface area contributed by atoms with E-state index in [2.05, 4.69) is 0 Å². The average Bonchev–Trinajstić information content (AvgIpc) is 2.67. The zero-order valence-electron chi connectivity index (χ0n) is 16.7. The lowest BCUT2D eigenvalue weighted by Gasteiger charge is -2.11. The van der Waals surface area contributed by atoms with E-state index in [4.69, 9.17) is 0 Å². The lowest BCUT2D eigenvalue weighted by Crippen LogP contribution is -1.96. The highest BCUT2D eigenvalue weighted by molar-refractivity contribution is 5.72. The molecule has 0 nitrogen and oxygen atoms in total. The second kappa shape index (κ2) is 9.25. The van der Waals surface area contributed by atoms with Gasteiger partial charge in [-0.3, -0.25) is 0 Å². The largest absolute Gasteiger partial charge is 0.206 e. The molecule has 0 amide bonds. The van der Waals surface area contributed by atoms with Crippen LogP contribution in [0.5, 0.6) is 0 Å². The molecule has 0 N–H and O–H groups in total. The van der Waals surface area contributed by atoms with Gasteiger partial charge in [0, 0.05) is 0 Å². The van der Waals surface area contributed by atoms with Crippen LogP contribution in [0.15, 0.2) is 48.5 Å². The molecule has 0 saturated carbocycles. The van der Waals surface area contributed by atoms with Crippen molar-refractivity contribution < 1.29 is 17.6 Å². The van der Waals surface area contributed by atoms with Crippen LogP contribution in [0.2, 0.25) is 0 Å². The van der Waals surface area contributed by atoms with E-state index in [9.17, 15) is 17.6 Å². The van der Waals surface area contributed by atoms with Gasteiger partial charge in [0.15, 0.2) is 0 Å². The first-order valence-electron chi connectivity index (χ1n) is 10.0. The van der Waals surface area contributed by atoms with Crippen LogP contribution in [0.25, 0.3) is 22.3 Å². The SMILES string of the molecule is CCCCc1cc(F)c(-c2ccc(-c3c(F)cc(CCC)cc3F)cc2)c(F)c1. The van der Waals surface area contributed by atoms with Gasteiger partial charge in [0.25, 0.3) is 0 Å². The molecular weight excluding hydrogens is 376 g/mol. The Bertz CT molecular complexity index is 944. The van der Waals surface area contributed by atoms with Crippen LogP contribution in [0, 0.1) is 23.3 Å². The van der Waals surface area contributed by atoms with Gasteiger partial charge in [-0.05, 0) is 65.8 Å². The van der Waals surface area contributed by atoms with E-state index in [1.807, 2.05) is 13.8 Å². The minimum atomic E-state index is -0.640. The van der Waals surface area contributed by atoms with E-state index >= 15 is 0 Å². The third-order valence-corrected chi connectivity index (χ3v) is 5.02. The van der Waals surface area contributed by atoms with Gasteiger partial charge < -0.3 is 0 Å². The van der Waals surface area contributed by atoms with Crippen molar-refractivity contribution in [1.29, 1.82) is 0 Å². The number of benzene rings is 3. The molecule has 0 heterocycles. The fourth-order valence-corrected chi connectivity index (χ4v) is 3.56. The molecular formula is C25H24F4. The number of halogens is 4. The molecule has 0 aromatic heterocycles. The third kappa shape index (κ3) is 4.69. The fourth-order valence-electron chi connectivity index (χ4n) is 3.56. The van der Waals surface area contributed by atoms with Crippen molar-refractivity contribution in [1.82, 2.24) is 0 Å². The first-order valence-corrected chi connectivity index (χ1v) is 10.0. The second-order valence-corrected chi connectivity index (χ2v) is 7.30. The number of hydrogen-bond acceptors (Lipinski definition) is 0. The van der Waals surface area contributed by atoms with E-state index < -0.39 is 23.3 Å². The lowest BCUT2D eigenvalue weighted by atomic mass is 9.96. The molecule has 0 aliphatic heterocycles. The van der Waals surface area contributed by atoms with Crippen molar-refractivity contribution in [3.8, 4) is 22.3 Å². The number of rotatable bonds is 7. The summed E-state index contributed by atoms with van der Waals surface area (Å²) in [6.45, 7) is 3.96. The molecule has 0 atom stereocenters.